The normalized spacial score (nSPS) is 21.6. The Morgan fingerprint density at radius 1 is 1.59 bits per heavy atom. The fourth-order valence-electron chi connectivity index (χ4n) is 2.38. The number of likely N-dealkylation sites (N-methyl/N-ethyl adjacent to an activating group) is 1. The number of aromatic nitrogens is 1. The highest BCUT2D eigenvalue weighted by Gasteiger charge is 2.21. The van der Waals surface area contributed by atoms with Gasteiger partial charge < -0.3 is 9.32 Å². The van der Waals surface area contributed by atoms with Crippen LogP contribution in [0.15, 0.2) is 10.7 Å². The lowest BCUT2D eigenvalue weighted by Crippen LogP contribution is -2.37. The van der Waals surface area contributed by atoms with E-state index in [0.717, 1.165) is 24.6 Å². The molecule has 1 atom stereocenters. The second kappa shape index (κ2) is 5.45. The molecule has 1 aliphatic rings. The second-order valence-corrected chi connectivity index (χ2v) is 4.95. The van der Waals surface area contributed by atoms with Gasteiger partial charge in [0.25, 0.3) is 0 Å². The van der Waals surface area contributed by atoms with E-state index in [1.807, 2.05) is 0 Å². The lowest BCUT2D eigenvalue weighted by Gasteiger charge is -2.31. The standard InChI is InChI=1S/C13H20N2O2/c1-10(16)7-11-9-17-13(14-11)8-12-5-3-4-6-15(12)2/h9,12H,3-8H2,1-2H3. The summed E-state index contributed by atoms with van der Waals surface area (Å²) in [7, 11) is 2.16. The summed E-state index contributed by atoms with van der Waals surface area (Å²) in [5.41, 5.74) is 0.756. The van der Waals surface area contributed by atoms with Crippen molar-refractivity contribution in [1.29, 1.82) is 0 Å². The molecule has 1 fully saturated rings. The fraction of sp³-hybridized carbons (Fsp3) is 0.692. The Labute approximate surface area is 102 Å². The number of Topliss-reactive ketones (excluding diaryl/α,β-unsaturated/α-hetero) is 1. The minimum Gasteiger partial charge on any atom is -0.449 e. The van der Waals surface area contributed by atoms with Crippen molar-refractivity contribution in [3.8, 4) is 0 Å². The van der Waals surface area contributed by atoms with Gasteiger partial charge in [0.15, 0.2) is 5.89 Å². The lowest BCUT2D eigenvalue weighted by molar-refractivity contribution is -0.116. The van der Waals surface area contributed by atoms with E-state index < -0.39 is 0 Å². The lowest BCUT2D eigenvalue weighted by atomic mass is 10.0. The van der Waals surface area contributed by atoms with Gasteiger partial charge in [0.2, 0.25) is 0 Å². The van der Waals surface area contributed by atoms with E-state index in [-0.39, 0.29) is 5.78 Å². The summed E-state index contributed by atoms with van der Waals surface area (Å²) in [5.74, 6) is 0.889. The van der Waals surface area contributed by atoms with Gasteiger partial charge in [-0.1, -0.05) is 6.42 Å². The van der Waals surface area contributed by atoms with Gasteiger partial charge in [0.05, 0.1) is 12.1 Å². The first-order valence-electron chi connectivity index (χ1n) is 6.28. The third-order valence-electron chi connectivity index (χ3n) is 3.36. The van der Waals surface area contributed by atoms with Crippen molar-refractivity contribution in [3.05, 3.63) is 17.8 Å². The molecular formula is C13H20N2O2. The summed E-state index contributed by atoms with van der Waals surface area (Å²) in [6.07, 6.45) is 6.63. The SMILES string of the molecule is CC(=O)Cc1coc(CC2CCCCN2C)n1. The van der Waals surface area contributed by atoms with Crippen LogP contribution in [0.3, 0.4) is 0 Å². The number of likely N-dealkylation sites (tertiary alicyclic amines) is 1. The summed E-state index contributed by atoms with van der Waals surface area (Å²) >= 11 is 0. The molecule has 0 aromatic carbocycles. The molecule has 0 amide bonds. The third kappa shape index (κ3) is 3.40. The maximum Gasteiger partial charge on any atom is 0.195 e. The molecule has 2 heterocycles. The summed E-state index contributed by atoms with van der Waals surface area (Å²) in [4.78, 5) is 17.7. The molecule has 94 valence electrons. The minimum atomic E-state index is 0.125. The van der Waals surface area contributed by atoms with E-state index >= 15 is 0 Å². The van der Waals surface area contributed by atoms with Crippen LogP contribution < -0.4 is 0 Å². The van der Waals surface area contributed by atoms with E-state index in [1.54, 1.807) is 13.2 Å². The van der Waals surface area contributed by atoms with Gasteiger partial charge in [-0.15, -0.1) is 0 Å². The van der Waals surface area contributed by atoms with Crippen molar-refractivity contribution in [2.45, 2.75) is 45.1 Å². The Balaban J connectivity index is 1.93. The first kappa shape index (κ1) is 12.3. The average molecular weight is 236 g/mol. The summed E-state index contributed by atoms with van der Waals surface area (Å²) in [5, 5.41) is 0. The number of piperidine rings is 1. The number of rotatable bonds is 4. The van der Waals surface area contributed by atoms with Gasteiger partial charge in [0, 0.05) is 12.5 Å². The van der Waals surface area contributed by atoms with Gasteiger partial charge in [-0.05, 0) is 33.4 Å². The molecule has 1 aromatic heterocycles. The zero-order chi connectivity index (χ0) is 12.3. The summed E-state index contributed by atoms with van der Waals surface area (Å²) < 4.78 is 5.43. The van der Waals surface area contributed by atoms with Crippen molar-refractivity contribution in [2.24, 2.45) is 0 Å². The van der Waals surface area contributed by atoms with Gasteiger partial charge >= 0.3 is 0 Å². The maximum absolute atomic E-state index is 11.0. The molecule has 4 nitrogen and oxygen atoms in total. The number of hydrogen-bond acceptors (Lipinski definition) is 4. The molecule has 0 bridgehead atoms. The van der Waals surface area contributed by atoms with Crippen molar-refractivity contribution in [2.75, 3.05) is 13.6 Å². The first-order chi connectivity index (χ1) is 8.15. The molecule has 17 heavy (non-hydrogen) atoms. The Hall–Kier alpha value is -1.16. The van der Waals surface area contributed by atoms with Crippen LogP contribution in [-0.4, -0.2) is 35.3 Å². The van der Waals surface area contributed by atoms with E-state index in [4.69, 9.17) is 4.42 Å². The fourth-order valence-corrected chi connectivity index (χ4v) is 2.38. The Bertz CT molecular complexity index is 387. The zero-order valence-corrected chi connectivity index (χ0v) is 10.6. The maximum atomic E-state index is 11.0. The third-order valence-corrected chi connectivity index (χ3v) is 3.36. The van der Waals surface area contributed by atoms with Crippen molar-refractivity contribution >= 4 is 5.78 Å². The largest absolute Gasteiger partial charge is 0.449 e. The van der Waals surface area contributed by atoms with Crippen LogP contribution in [0.1, 0.15) is 37.8 Å². The molecule has 0 spiro atoms. The monoisotopic (exact) mass is 236 g/mol. The highest BCUT2D eigenvalue weighted by molar-refractivity contribution is 5.77. The van der Waals surface area contributed by atoms with E-state index in [2.05, 4.69) is 16.9 Å². The number of carbonyl (C=O) groups excluding carboxylic acids is 1. The zero-order valence-electron chi connectivity index (χ0n) is 10.6. The van der Waals surface area contributed by atoms with Crippen LogP contribution in [0.2, 0.25) is 0 Å². The van der Waals surface area contributed by atoms with Crippen LogP contribution in [0.25, 0.3) is 0 Å². The molecule has 0 N–H and O–H groups in total. The number of nitrogens with zero attached hydrogens (tertiary/aromatic N) is 2. The van der Waals surface area contributed by atoms with Crippen molar-refractivity contribution < 1.29 is 9.21 Å². The molecule has 0 radical (unpaired) electrons. The number of oxazole rings is 1. The number of ketones is 1. The molecule has 1 aliphatic heterocycles. The highest BCUT2D eigenvalue weighted by atomic mass is 16.3. The predicted molar refractivity (Wildman–Crippen MR) is 64.9 cm³/mol. The Kier molecular flexibility index (Phi) is 3.94. The van der Waals surface area contributed by atoms with Gasteiger partial charge in [-0.2, -0.15) is 0 Å². The van der Waals surface area contributed by atoms with Crippen molar-refractivity contribution in [1.82, 2.24) is 9.88 Å². The summed E-state index contributed by atoms with van der Waals surface area (Å²) in [6.45, 7) is 2.73. The van der Waals surface area contributed by atoms with Gasteiger partial charge in [0.1, 0.15) is 12.0 Å². The predicted octanol–water partition coefficient (Wildman–Crippen LogP) is 1.83. The van der Waals surface area contributed by atoms with Crippen LogP contribution in [0, 0.1) is 0 Å². The topological polar surface area (TPSA) is 46.3 Å². The van der Waals surface area contributed by atoms with E-state index in [9.17, 15) is 4.79 Å². The van der Waals surface area contributed by atoms with Crippen LogP contribution >= 0.6 is 0 Å². The number of carbonyl (C=O) groups is 1. The minimum absolute atomic E-state index is 0.125. The van der Waals surface area contributed by atoms with E-state index in [0.29, 0.717) is 12.5 Å². The van der Waals surface area contributed by atoms with Crippen LogP contribution in [0.5, 0.6) is 0 Å². The molecule has 1 unspecified atom stereocenters. The molecule has 2 rings (SSSR count). The smallest absolute Gasteiger partial charge is 0.195 e. The first-order valence-corrected chi connectivity index (χ1v) is 6.28. The molecule has 0 saturated carbocycles. The summed E-state index contributed by atoms with van der Waals surface area (Å²) in [6, 6.07) is 0.535. The molecule has 4 heteroatoms. The Morgan fingerprint density at radius 3 is 3.12 bits per heavy atom. The second-order valence-electron chi connectivity index (χ2n) is 4.95. The molecule has 0 aliphatic carbocycles. The van der Waals surface area contributed by atoms with Crippen LogP contribution in [-0.2, 0) is 17.6 Å². The van der Waals surface area contributed by atoms with Gasteiger partial charge in [-0.25, -0.2) is 4.98 Å². The number of hydrogen-bond donors (Lipinski definition) is 0. The highest BCUT2D eigenvalue weighted by Crippen LogP contribution is 2.18. The average Bonchev–Trinajstić information content (AvgIpc) is 2.68. The molecular weight excluding hydrogens is 216 g/mol. The Morgan fingerprint density at radius 2 is 2.41 bits per heavy atom. The quantitative estimate of drug-likeness (QED) is 0.800. The van der Waals surface area contributed by atoms with Gasteiger partial charge in [-0.3, -0.25) is 4.79 Å². The molecule has 1 saturated heterocycles. The van der Waals surface area contributed by atoms with Crippen LogP contribution in [0.4, 0.5) is 0 Å². The molecule has 1 aromatic rings. The van der Waals surface area contributed by atoms with Crippen molar-refractivity contribution in [3.63, 3.8) is 0 Å². The van der Waals surface area contributed by atoms with E-state index in [1.165, 1.54) is 19.3 Å².